The summed E-state index contributed by atoms with van der Waals surface area (Å²) in [5, 5.41) is 3.52. The van der Waals surface area contributed by atoms with Crippen LogP contribution in [0.15, 0.2) is 36.4 Å². The van der Waals surface area contributed by atoms with Crippen molar-refractivity contribution in [2.24, 2.45) is 0 Å². The summed E-state index contributed by atoms with van der Waals surface area (Å²) in [7, 11) is 3.47. The molecule has 3 nitrogen and oxygen atoms in total. The van der Waals surface area contributed by atoms with E-state index in [9.17, 15) is 0 Å². The number of rotatable bonds is 8. The third kappa shape index (κ3) is 4.09. The van der Waals surface area contributed by atoms with Gasteiger partial charge in [-0.1, -0.05) is 18.2 Å². The third-order valence-electron chi connectivity index (χ3n) is 4.78. The van der Waals surface area contributed by atoms with Gasteiger partial charge in [-0.3, -0.25) is 0 Å². The fraction of sp³-hybridized carbons (Fsp3) is 0.429. The highest BCUT2D eigenvalue weighted by atomic mass is 16.5. The van der Waals surface area contributed by atoms with Crippen LogP contribution in [0.25, 0.3) is 0 Å². The Morgan fingerprint density at radius 2 is 1.71 bits per heavy atom. The van der Waals surface area contributed by atoms with Crippen LogP contribution in [0.2, 0.25) is 0 Å². The van der Waals surface area contributed by atoms with Crippen molar-refractivity contribution in [2.75, 3.05) is 20.8 Å². The number of hydrogen-bond acceptors (Lipinski definition) is 3. The molecule has 0 radical (unpaired) electrons. The second-order valence-electron chi connectivity index (χ2n) is 6.41. The topological polar surface area (TPSA) is 30.5 Å². The van der Waals surface area contributed by atoms with Crippen molar-refractivity contribution < 1.29 is 9.47 Å². The van der Waals surface area contributed by atoms with E-state index in [2.05, 4.69) is 29.6 Å². The Balaban J connectivity index is 1.46. The lowest BCUT2D eigenvalue weighted by Crippen LogP contribution is -2.15. The third-order valence-corrected chi connectivity index (χ3v) is 4.78. The van der Waals surface area contributed by atoms with Gasteiger partial charge >= 0.3 is 0 Å². The second kappa shape index (κ2) is 8.20. The minimum atomic E-state index is 0.894. The molecule has 128 valence electrons. The standard InChI is InChI=1S/C21H27NO2/c1-23-20-10-8-16(9-11-20)15-22-12-4-7-19-13-17-5-3-6-18(17)14-21(19)24-2/h8-11,13-14,22H,3-7,12,15H2,1-2H3. The van der Waals surface area contributed by atoms with Gasteiger partial charge in [-0.25, -0.2) is 0 Å². The molecule has 0 saturated carbocycles. The average Bonchev–Trinajstić information content (AvgIpc) is 3.08. The summed E-state index contributed by atoms with van der Waals surface area (Å²) in [6.45, 7) is 1.90. The fourth-order valence-electron chi connectivity index (χ4n) is 3.42. The number of nitrogens with one attached hydrogen (secondary N) is 1. The van der Waals surface area contributed by atoms with E-state index in [4.69, 9.17) is 9.47 Å². The van der Waals surface area contributed by atoms with Gasteiger partial charge in [-0.15, -0.1) is 0 Å². The van der Waals surface area contributed by atoms with E-state index in [1.165, 1.54) is 41.5 Å². The van der Waals surface area contributed by atoms with Crippen molar-refractivity contribution in [3.05, 3.63) is 58.7 Å². The van der Waals surface area contributed by atoms with E-state index in [0.717, 1.165) is 37.4 Å². The SMILES string of the molecule is COc1ccc(CNCCCc2cc3c(cc2OC)CCC3)cc1. The average molecular weight is 325 g/mol. The zero-order valence-electron chi connectivity index (χ0n) is 14.7. The first-order chi connectivity index (χ1) is 11.8. The molecule has 2 aromatic rings. The zero-order chi connectivity index (χ0) is 16.8. The minimum Gasteiger partial charge on any atom is -0.497 e. The van der Waals surface area contributed by atoms with Gasteiger partial charge in [0.05, 0.1) is 14.2 Å². The Labute approximate surface area is 145 Å². The molecule has 1 aliphatic rings. The molecular weight excluding hydrogens is 298 g/mol. The first-order valence-electron chi connectivity index (χ1n) is 8.82. The molecule has 0 aliphatic heterocycles. The summed E-state index contributed by atoms with van der Waals surface area (Å²) < 4.78 is 10.8. The molecule has 1 N–H and O–H groups in total. The van der Waals surface area contributed by atoms with Crippen LogP contribution in [0.3, 0.4) is 0 Å². The monoisotopic (exact) mass is 325 g/mol. The smallest absolute Gasteiger partial charge is 0.122 e. The van der Waals surface area contributed by atoms with E-state index in [1.54, 1.807) is 14.2 Å². The number of methoxy groups -OCH3 is 2. The largest absolute Gasteiger partial charge is 0.497 e. The van der Waals surface area contributed by atoms with E-state index in [-0.39, 0.29) is 0 Å². The Morgan fingerprint density at radius 3 is 2.42 bits per heavy atom. The normalized spacial score (nSPS) is 12.9. The molecule has 0 heterocycles. The minimum absolute atomic E-state index is 0.894. The lowest BCUT2D eigenvalue weighted by atomic mass is 10.0. The van der Waals surface area contributed by atoms with Crippen molar-refractivity contribution in [1.29, 1.82) is 0 Å². The van der Waals surface area contributed by atoms with E-state index in [1.807, 2.05) is 12.1 Å². The highest BCUT2D eigenvalue weighted by Crippen LogP contribution is 2.30. The van der Waals surface area contributed by atoms with E-state index in [0.29, 0.717) is 0 Å². The summed E-state index contributed by atoms with van der Waals surface area (Å²) in [6.07, 6.45) is 5.89. The lowest BCUT2D eigenvalue weighted by Gasteiger charge is -2.12. The Morgan fingerprint density at radius 1 is 0.958 bits per heavy atom. The second-order valence-corrected chi connectivity index (χ2v) is 6.41. The Hall–Kier alpha value is -2.00. The van der Waals surface area contributed by atoms with Crippen molar-refractivity contribution in [1.82, 2.24) is 5.32 Å². The predicted molar refractivity (Wildman–Crippen MR) is 98.0 cm³/mol. The van der Waals surface area contributed by atoms with E-state index >= 15 is 0 Å². The first-order valence-corrected chi connectivity index (χ1v) is 8.82. The Bertz CT molecular complexity index is 664. The molecule has 0 amide bonds. The molecule has 0 unspecified atom stereocenters. The maximum Gasteiger partial charge on any atom is 0.122 e. The summed E-state index contributed by atoms with van der Waals surface area (Å²) in [4.78, 5) is 0. The van der Waals surface area contributed by atoms with Crippen LogP contribution in [-0.2, 0) is 25.8 Å². The van der Waals surface area contributed by atoms with Gasteiger partial charge in [0.15, 0.2) is 0 Å². The molecule has 0 spiro atoms. The number of benzene rings is 2. The van der Waals surface area contributed by atoms with Crippen LogP contribution in [-0.4, -0.2) is 20.8 Å². The summed E-state index contributed by atoms with van der Waals surface area (Å²) in [5.74, 6) is 1.97. The van der Waals surface area contributed by atoms with Gasteiger partial charge in [-0.05, 0) is 79.1 Å². The lowest BCUT2D eigenvalue weighted by molar-refractivity contribution is 0.408. The molecule has 0 aromatic heterocycles. The molecule has 0 bridgehead atoms. The number of ether oxygens (including phenoxy) is 2. The number of hydrogen-bond donors (Lipinski definition) is 1. The van der Waals surface area contributed by atoms with Crippen LogP contribution in [0.4, 0.5) is 0 Å². The zero-order valence-corrected chi connectivity index (χ0v) is 14.7. The summed E-state index contributed by atoms with van der Waals surface area (Å²) in [6, 6.07) is 12.8. The van der Waals surface area contributed by atoms with Crippen molar-refractivity contribution in [3.8, 4) is 11.5 Å². The maximum atomic E-state index is 5.59. The van der Waals surface area contributed by atoms with Crippen LogP contribution in [0, 0.1) is 0 Å². The van der Waals surface area contributed by atoms with Gasteiger partial charge in [0, 0.05) is 6.54 Å². The van der Waals surface area contributed by atoms with Crippen molar-refractivity contribution >= 4 is 0 Å². The van der Waals surface area contributed by atoms with Crippen molar-refractivity contribution in [2.45, 2.75) is 38.6 Å². The quantitative estimate of drug-likeness (QED) is 0.746. The van der Waals surface area contributed by atoms with Gasteiger partial charge < -0.3 is 14.8 Å². The summed E-state index contributed by atoms with van der Waals surface area (Å²) >= 11 is 0. The molecule has 1 aliphatic carbocycles. The van der Waals surface area contributed by atoms with Crippen molar-refractivity contribution in [3.63, 3.8) is 0 Å². The first kappa shape index (κ1) is 16.8. The maximum absolute atomic E-state index is 5.59. The van der Waals surface area contributed by atoms with Crippen LogP contribution in [0.1, 0.15) is 35.1 Å². The molecule has 3 rings (SSSR count). The molecule has 0 atom stereocenters. The van der Waals surface area contributed by atoms with Crippen LogP contribution in [0.5, 0.6) is 11.5 Å². The molecule has 3 heteroatoms. The van der Waals surface area contributed by atoms with Crippen LogP contribution >= 0.6 is 0 Å². The van der Waals surface area contributed by atoms with Crippen LogP contribution < -0.4 is 14.8 Å². The summed E-state index contributed by atoms with van der Waals surface area (Å²) in [5.41, 5.74) is 5.64. The fourth-order valence-corrected chi connectivity index (χ4v) is 3.42. The molecule has 0 fully saturated rings. The molecule has 0 saturated heterocycles. The Kier molecular flexibility index (Phi) is 5.76. The molecule has 24 heavy (non-hydrogen) atoms. The highest BCUT2D eigenvalue weighted by molar-refractivity contribution is 5.44. The van der Waals surface area contributed by atoms with Gasteiger partial charge in [0.25, 0.3) is 0 Å². The number of aryl methyl sites for hydroxylation is 3. The van der Waals surface area contributed by atoms with E-state index < -0.39 is 0 Å². The molecule has 2 aromatic carbocycles. The molecular formula is C21H27NO2. The number of fused-ring (bicyclic) bond motifs is 1. The van der Waals surface area contributed by atoms with Gasteiger partial charge in [0.1, 0.15) is 11.5 Å². The van der Waals surface area contributed by atoms with Gasteiger partial charge in [0.2, 0.25) is 0 Å². The highest BCUT2D eigenvalue weighted by Gasteiger charge is 2.14. The predicted octanol–water partition coefficient (Wildman–Crippen LogP) is 3.91. The van der Waals surface area contributed by atoms with Gasteiger partial charge in [-0.2, -0.15) is 0 Å².